The summed E-state index contributed by atoms with van der Waals surface area (Å²) >= 11 is 0. The lowest BCUT2D eigenvalue weighted by molar-refractivity contribution is -0.128. The summed E-state index contributed by atoms with van der Waals surface area (Å²) < 4.78 is 0. The van der Waals surface area contributed by atoms with Crippen LogP contribution in [-0.2, 0) is 4.79 Å². The van der Waals surface area contributed by atoms with Gasteiger partial charge < -0.3 is 16.0 Å². The average Bonchev–Trinajstić information content (AvgIpc) is 2.42. The van der Waals surface area contributed by atoms with E-state index in [0.717, 1.165) is 45.4 Å². The third kappa shape index (κ3) is 3.93. The van der Waals surface area contributed by atoms with Crippen LogP contribution in [0.1, 0.15) is 26.2 Å². The summed E-state index contributed by atoms with van der Waals surface area (Å²) in [5.41, 5.74) is 6.01. The number of hydrogen-bond acceptors (Lipinski definition) is 4. The number of likely N-dealkylation sites (N-methyl/N-ethyl adjacent to an activating group) is 2. The van der Waals surface area contributed by atoms with E-state index in [0.29, 0.717) is 12.0 Å². The number of nitrogens with one attached hydrogen (secondary N) is 1. The highest BCUT2D eigenvalue weighted by molar-refractivity contribution is 5.79. The molecule has 5 heteroatoms. The lowest BCUT2D eigenvalue weighted by atomic mass is 9.77. The summed E-state index contributed by atoms with van der Waals surface area (Å²) in [6.45, 7) is 6.13. The van der Waals surface area contributed by atoms with Gasteiger partial charge in [0.05, 0.1) is 0 Å². The van der Waals surface area contributed by atoms with E-state index in [-0.39, 0.29) is 17.9 Å². The molecule has 1 heterocycles. The Morgan fingerprint density at radius 1 is 1.30 bits per heavy atom. The minimum absolute atomic E-state index is 0.102. The molecule has 2 rings (SSSR count). The van der Waals surface area contributed by atoms with Crippen molar-refractivity contribution in [1.29, 1.82) is 0 Å². The Bertz CT molecular complexity index is 336. The van der Waals surface area contributed by atoms with E-state index >= 15 is 0 Å². The second-order valence-corrected chi connectivity index (χ2v) is 6.80. The molecule has 0 aromatic carbocycles. The molecule has 3 N–H and O–H groups in total. The molecule has 5 nitrogen and oxygen atoms in total. The summed E-state index contributed by atoms with van der Waals surface area (Å²) in [5, 5.41) is 3.16. The predicted molar refractivity (Wildman–Crippen MR) is 81.4 cm³/mol. The number of carbonyl (C=O) groups excluding carboxylic acids is 1. The number of amides is 1. The summed E-state index contributed by atoms with van der Waals surface area (Å²) in [6, 6.07) is 0.621. The van der Waals surface area contributed by atoms with Crippen LogP contribution in [0.5, 0.6) is 0 Å². The first kappa shape index (κ1) is 15.7. The number of rotatable bonds is 3. The third-order valence-electron chi connectivity index (χ3n) is 5.07. The van der Waals surface area contributed by atoms with Crippen molar-refractivity contribution < 1.29 is 4.79 Å². The van der Waals surface area contributed by atoms with Crippen LogP contribution < -0.4 is 11.1 Å². The van der Waals surface area contributed by atoms with E-state index in [2.05, 4.69) is 36.1 Å². The maximum absolute atomic E-state index is 12.4. The Balaban J connectivity index is 1.81. The van der Waals surface area contributed by atoms with Gasteiger partial charge >= 0.3 is 0 Å². The molecule has 4 unspecified atom stereocenters. The van der Waals surface area contributed by atoms with Gasteiger partial charge in [0, 0.05) is 44.2 Å². The van der Waals surface area contributed by atoms with Crippen molar-refractivity contribution in [2.24, 2.45) is 17.6 Å². The SMILES string of the molecule is CC1CCC(N)CC1C(=O)NCC1CN(C)CCN1C. The standard InChI is InChI=1S/C15H30N4O/c1-11-4-5-12(16)8-14(11)15(20)17-9-13-10-18(2)6-7-19(13)3/h11-14H,4-10,16H2,1-3H3,(H,17,20). The molecule has 2 aliphatic rings. The molecule has 0 aromatic rings. The number of carbonyl (C=O) groups is 1. The molecule has 1 saturated carbocycles. The molecule has 1 amide bonds. The molecule has 1 saturated heterocycles. The Labute approximate surface area is 122 Å². The Morgan fingerprint density at radius 2 is 2.05 bits per heavy atom. The minimum Gasteiger partial charge on any atom is -0.354 e. The zero-order valence-corrected chi connectivity index (χ0v) is 13.1. The van der Waals surface area contributed by atoms with Crippen molar-refractivity contribution in [3.8, 4) is 0 Å². The van der Waals surface area contributed by atoms with Crippen LogP contribution in [0.15, 0.2) is 0 Å². The molecular weight excluding hydrogens is 252 g/mol. The van der Waals surface area contributed by atoms with E-state index < -0.39 is 0 Å². The van der Waals surface area contributed by atoms with Crippen LogP contribution >= 0.6 is 0 Å². The van der Waals surface area contributed by atoms with Gasteiger partial charge in [0.2, 0.25) is 5.91 Å². The van der Waals surface area contributed by atoms with E-state index in [1.165, 1.54) is 0 Å². The van der Waals surface area contributed by atoms with Gasteiger partial charge in [-0.15, -0.1) is 0 Å². The summed E-state index contributed by atoms with van der Waals surface area (Å²) in [4.78, 5) is 17.1. The minimum atomic E-state index is 0.102. The first-order valence-corrected chi connectivity index (χ1v) is 7.89. The molecule has 1 aliphatic carbocycles. The van der Waals surface area contributed by atoms with E-state index in [9.17, 15) is 4.79 Å². The van der Waals surface area contributed by atoms with Gasteiger partial charge in [0.1, 0.15) is 0 Å². The second-order valence-electron chi connectivity index (χ2n) is 6.80. The normalized spacial score (nSPS) is 36.8. The molecule has 2 fully saturated rings. The van der Waals surface area contributed by atoms with E-state index in [4.69, 9.17) is 5.73 Å². The highest BCUT2D eigenvalue weighted by Crippen LogP contribution is 2.29. The molecule has 0 radical (unpaired) electrons. The van der Waals surface area contributed by atoms with Crippen molar-refractivity contribution in [3.63, 3.8) is 0 Å². The van der Waals surface area contributed by atoms with Crippen LogP contribution in [-0.4, -0.2) is 68.1 Å². The Hall–Kier alpha value is -0.650. The Morgan fingerprint density at radius 3 is 2.80 bits per heavy atom. The smallest absolute Gasteiger partial charge is 0.223 e. The number of nitrogens with two attached hydrogens (primary N) is 1. The zero-order chi connectivity index (χ0) is 14.7. The second kappa shape index (κ2) is 6.87. The van der Waals surface area contributed by atoms with E-state index in [1.807, 2.05) is 0 Å². The first-order chi connectivity index (χ1) is 9.47. The number of hydrogen-bond donors (Lipinski definition) is 2. The summed E-state index contributed by atoms with van der Waals surface area (Å²) in [7, 11) is 4.28. The molecule has 1 aliphatic heterocycles. The first-order valence-electron chi connectivity index (χ1n) is 7.89. The van der Waals surface area contributed by atoms with Crippen LogP contribution in [0.3, 0.4) is 0 Å². The van der Waals surface area contributed by atoms with Gasteiger partial charge in [-0.05, 0) is 39.3 Å². The molecule has 0 bridgehead atoms. The van der Waals surface area contributed by atoms with Gasteiger partial charge in [0.25, 0.3) is 0 Å². The zero-order valence-electron chi connectivity index (χ0n) is 13.1. The van der Waals surface area contributed by atoms with Crippen LogP contribution in [0.4, 0.5) is 0 Å². The van der Waals surface area contributed by atoms with Gasteiger partial charge in [-0.25, -0.2) is 0 Å². The molecule has 4 atom stereocenters. The quantitative estimate of drug-likeness (QED) is 0.771. The topological polar surface area (TPSA) is 61.6 Å². The van der Waals surface area contributed by atoms with Gasteiger partial charge in [0.15, 0.2) is 0 Å². The number of piperazine rings is 1. The van der Waals surface area contributed by atoms with Crippen molar-refractivity contribution in [1.82, 2.24) is 15.1 Å². The fourth-order valence-corrected chi connectivity index (χ4v) is 3.39. The maximum Gasteiger partial charge on any atom is 0.223 e. The third-order valence-corrected chi connectivity index (χ3v) is 5.07. The van der Waals surface area contributed by atoms with Crippen molar-refractivity contribution in [3.05, 3.63) is 0 Å². The summed E-state index contributed by atoms with van der Waals surface area (Å²) in [6.07, 6.45) is 2.97. The molecule has 20 heavy (non-hydrogen) atoms. The van der Waals surface area contributed by atoms with Crippen molar-refractivity contribution in [2.75, 3.05) is 40.3 Å². The molecule has 0 spiro atoms. The maximum atomic E-state index is 12.4. The molecule has 0 aromatic heterocycles. The van der Waals surface area contributed by atoms with Crippen LogP contribution in [0.25, 0.3) is 0 Å². The predicted octanol–water partition coefficient (Wildman–Crippen LogP) is 0.112. The van der Waals surface area contributed by atoms with Crippen LogP contribution in [0.2, 0.25) is 0 Å². The molecule has 116 valence electrons. The fraction of sp³-hybridized carbons (Fsp3) is 0.933. The average molecular weight is 282 g/mol. The lowest BCUT2D eigenvalue weighted by Crippen LogP contribution is -2.55. The van der Waals surface area contributed by atoms with Gasteiger partial charge in [-0.2, -0.15) is 0 Å². The van der Waals surface area contributed by atoms with Gasteiger partial charge in [-0.3, -0.25) is 9.69 Å². The van der Waals surface area contributed by atoms with Gasteiger partial charge in [-0.1, -0.05) is 6.92 Å². The van der Waals surface area contributed by atoms with Crippen molar-refractivity contribution in [2.45, 2.75) is 38.3 Å². The highest BCUT2D eigenvalue weighted by Gasteiger charge is 2.32. The van der Waals surface area contributed by atoms with E-state index in [1.54, 1.807) is 0 Å². The Kier molecular flexibility index (Phi) is 5.41. The fourth-order valence-electron chi connectivity index (χ4n) is 3.39. The van der Waals surface area contributed by atoms with Crippen LogP contribution in [0, 0.1) is 11.8 Å². The molecular formula is C15H30N4O. The monoisotopic (exact) mass is 282 g/mol. The van der Waals surface area contributed by atoms with Crippen molar-refractivity contribution >= 4 is 5.91 Å². The largest absolute Gasteiger partial charge is 0.354 e. The number of nitrogens with zero attached hydrogens (tertiary/aromatic N) is 2. The lowest BCUT2D eigenvalue weighted by Gasteiger charge is -2.38. The highest BCUT2D eigenvalue weighted by atomic mass is 16.1. The summed E-state index contributed by atoms with van der Waals surface area (Å²) in [5.74, 6) is 0.765.